The molecule has 2 N–H and O–H groups in total. The fourth-order valence-corrected chi connectivity index (χ4v) is 5.47. The van der Waals surface area contributed by atoms with Gasteiger partial charge in [0, 0.05) is 49.7 Å². The Labute approximate surface area is 187 Å². The van der Waals surface area contributed by atoms with Crippen LogP contribution in [0.2, 0.25) is 0 Å². The predicted octanol–water partition coefficient (Wildman–Crippen LogP) is 5.30. The van der Waals surface area contributed by atoms with Crippen molar-refractivity contribution in [3.8, 4) is 0 Å². The van der Waals surface area contributed by atoms with Crippen LogP contribution < -0.4 is 0 Å². The fraction of sp³-hybridized carbons (Fsp3) is 0.0357. The Balaban J connectivity index is 1.75. The van der Waals surface area contributed by atoms with E-state index in [4.69, 9.17) is 0 Å². The maximum absolute atomic E-state index is 13.8. The Hall–Kier alpha value is -4.51. The summed E-state index contributed by atoms with van der Waals surface area (Å²) in [6.07, 6.45) is 6.95. The lowest BCUT2D eigenvalue weighted by atomic mass is 9.71. The summed E-state index contributed by atoms with van der Waals surface area (Å²) in [7, 11) is 0. The van der Waals surface area contributed by atoms with E-state index in [0.717, 1.165) is 10.9 Å². The standard InChI is InChI=1S/C28H15NO4/c30-25-13-7-1-2-8-14(13)26(31)21-20(25)19-17-11-5-6-12-18(17)29-24(19)23-22(21)27(32)15-9-3-4-10-16(15)28(23)33/h1-12,15,29,33H. The third-order valence-corrected chi connectivity index (χ3v) is 6.89. The van der Waals surface area contributed by atoms with Crippen LogP contribution in [0.5, 0.6) is 0 Å². The van der Waals surface area contributed by atoms with E-state index in [1.807, 2.05) is 24.3 Å². The average Bonchev–Trinajstić information content (AvgIpc) is 3.24. The van der Waals surface area contributed by atoms with Crippen LogP contribution in [0.25, 0.3) is 27.6 Å². The third kappa shape index (κ3) is 2.09. The van der Waals surface area contributed by atoms with Gasteiger partial charge >= 0.3 is 0 Å². The highest BCUT2D eigenvalue weighted by Gasteiger charge is 2.43. The van der Waals surface area contributed by atoms with Crippen LogP contribution in [0.3, 0.4) is 0 Å². The normalized spacial score (nSPS) is 18.5. The largest absolute Gasteiger partial charge is 0.507 e. The molecular formula is C28H15NO4. The van der Waals surface area contributed by atoms with Gasteiger partial charge in [-0.05, 0) is 6.07 Å². The molecule has 0 fully saturated rings. The molecule has 0 saturated carbocycles. The molecule has 0 radical (unpaired) electrons. The van der Waals surface area contributed by atoms with Crippen molar-refractivity contribution in [2.75, 3.05) is 0 Å². The van der Waals surface area contributed by atoms with Gasteiger partial charge in [-0.15, -0.1) is 0 Å². The molecule has 1 aromatic heterocycles. The molecule has 4 aromatic rings. The van der Waals surface area contributed by atoms with Crippen molar-refractivity contribution in [1.29, 1.82) is 0 Å². The quantitative estimate of drug-likeness (QED) is 0.350. The maximum Gasteiger partial charge on any atom is 0.195 e. The van der Waals surface area contributed by atoms with E-state index >= 15 is 0 Å². The number of rotatable bonds is 0. The first kappa shape index (κ1) is 18.1. The molecule has 3 aliphatic carbocycles. The van der Waals surface area contributed by atoms with E-state index < -0.39 is 5.92 Å². The SMILES string of the molecule is O=C1c2ccccc2C(=O)c2c1c1c(c3[nH]c4ccccc4c23)C(O)=C2C=CC=CC2C1=O. The molecule has 7 rings (SSSR count). The van der Waals surface area contributed by atoms with E-state index in [1.54, 1.807) is 48.6 Å². The number of ketones is 3. The number of carbonyl (C=O) groups is 3. The molecule has 33 heavy (non-hydrogen) atoms. The summed E-state index contributed by atoms with van der Waals surface area (Å²) in [5, 5.41) is 12.7. The number of H-pyrrole nitrogens is 1. The van der Waals surface area contributed by atoms with Gasteiger partial charge in [0.25, 0.3) is 0 Å². The molecule has 5 heteroatoms. The lowest BCUT2D eigenvalue weighted by molar-refractivity contribution is 0.0940. The number of fused-ring (bicyclic) bond motifs is 10. The second kappa shape index (κ2) is 6.04. The van der Waals surface area contributed by atoms with Gasteiger partial charge in [-0.2, -0.15) is 0 Å². The monoisotopic (exact) mass is 429 g/mol. The molecule has 156 valence electrons. The Morgan fingerprint density at radius 2 is 1.45 bits per heavy atom. The van der Waals surface area contributed by atoms with Crippen molar-refractivity contribution < 1.29 is 19.5 Å². The minimum Gasteiger partial charge on any atom is -0.507 e. The zero-order valence-electron chi connectivity index (χ0n) is 17.2. The predicted molar refractivity (Wildman–Crippen MR) is 125 cm³/mol. The fourth-order valence-electron chi connectivity index (χ4n) is 5.47. The number of hydrogen-bond donors (Lipinski definition) is 2. The molecule has 1 unspecified atom stereocenters. The first-order chi connectivity index (χ1) is 16.1. The van der Waals surface area contributed by atoms with Crippen molar-refractivity contribution in [2.24, 2.45) is 5.92 Å². The van der Waals surface area contributed by atoms with Crippen molar-refractivity contribution >= 4 is 44.9 Å². The molecule has 3 aromatic carbocycles. The number of aliphatic hydroxyl groups excluding tert-OH is 1. The summed E-state index contributed by atoms with van der Waals surface area (Å²) in [5.74, 6) is -1.71. The molecule has 3 aliphatic rings. The zero-order chi connectivity index (χ0) is 22.4. The van der Waals surface area contributed by atoms with Gasteiger partial charge in [-0.3, -0.25) is 14.4 Å². The average molecular weight is 429 g/mol. The maximum atomic E-state index is 13.8. The van der Waals surface area contributed by atoms with E-state index in [0.29, 0.717) is 22.0 Å². The highest BCUT2D eigenvalue weighted by atomic mass is 16.3. The van der Waals surface area contributed by atoms with Gasteiger partial charge in [0.05, 0.1) is 17.0 Å². The summed E-state index contributed by atoms with van der Waals surface area (Å²) in [4.78, 5) is 44.7. The Morgan fingerprint density at radius 3 is 2.24 bits per heavy atom. The topological polar surface area (TPSA) is 87.2 Å². The van der Waals surface area contributed by atoms with Crippen molar-refractivity contribution in [1.82, 2.24) is 4.98 Å². The summed E-state index contributed by atoms with van der Waals surface area (Å²) in [5.41, 5.74) is 3.06. The summed E-state index contributed by atoms with van der Waals surface area (Å²) < 4.78 is 0. The van der Waals surface area contributed by atoms with Crippen LogP contribution in [0, 0.1) is 5.92 Å². The first-order valence-corrected chi connectivity index (χ1v) is 10.7. The minimum atomic E-state index is -0.700. The molecule has 1 heterocycles. The minimum absolute atomic E-state index is 0.0475. The van der Waals surface area contributed by atoms with E-state index in [2.05, 4.69) is 4.98 Å². The van der Waals surface area contributed by atoms with Crippen LogP contribution in [0.1, 0.15) is 47.8 Å². The zero-order valence-corrected chi connectivity index (χ0v) is 17.2. The molecule has 0 bridgehead atoms. The van der Waals surface area contributed by atoms with Crippen LogP contribution in [0.4, 0.5) is 0 Å². The lowest BCUT2D eigenvalue weighted by Crippen LogP contribution is -2.30. The van der Waals surface area contributed by atoms with Crippen LogP contribution in [-0.4, -0.2) is 27.4 Å². The molecule has 0 aliphatic heterocycles. The van der Waals surface area contributed by atoms with Crippen molar-refractivity contribution in [3.63, 3.8) is 0 Å². The molecule has 5 nitrogen and oxygen atoms in total. The highest BCUT2D eigenvalue weighted by molar-refractivity contribution is 6.38. The summed E-state index contributed by atoms with van der Waals surface area (Å²) in [6.45, 7) is 0. The smallest absolute Gasteiger partial charge is 0.195 e. The van der Waals surface area contributed by atoms with Gasteiger partial charge < -0.3 is 10.1 Å². The number of aromatic nitrogens is 1. The van der Waals surface area contributed by atoms with E-state index in [9.17, 15) is 19.5 Å². The number of aromatic amines is 1. The number of para-hydroxylation sites is 1. The third-order valence-electron chi connectivity index (χ3n) is 6.89. The number of nitrogens with one attached hydrogen (secondary N) is 1. The number of Topliss-reactive ketones (excluding diaryl/α,β-unsaturated/α-hetero) is 1. The second-order valence-electron chi connectivity index (χ2n) is 8.51. The van der Waals surface area contributed by atoms with Gasteiger partial charge in [-0.25, -0.2) is 0 Å². The van der Waals surface area contributed by atoms with Crippen molar-refractivity contribution in [3.05, 3.63) is 112 Å². The summed E-state index contributed by atoms with van der Waals surface area (Å²) >= 11 is 0. The second-order valence-corrected chi connectivity index (χ2v) is 8.51. The molecular weight excluding hydrogens is 414 g/mol. The van der Waals surface area contributed by atoms with Gasteiger partial charge in [0.1, 0.15) is 5.76 Å². The number of benzene rings is 3. The van der Waals surface area contributed by atoms with E-state index in [-0.39, 0.29) is 50.9 Å². The highest BCUT2D eigenvalue weighted by Crippen LogP contribution is 2.47. The van der Waals surface area contributed by atoms with Crippen molar-refractivity contribution in [2.45, 2.75) is 0 Å². The number of aliphatic hydroxyl groups is 1. The number of allylic oxidation sites excluding steroid dienone is 5. The molecule has 0 amide bonds. The first-order valence-electron chi connectivity index (χ1n) is 10.7. The van der Waals surface area contributed by atoms with E-state index in [1.165, 1.54) is 0 Å². The number of carbonyl (C=O) groups excluding carboxylic acids is 3. The summed E-state index contributed by atoms with van der Waals surface area (Å²) in [6, 6.07) is 14.2. The Bertz CT molecular complexity index is 1730. The van der Waals surface area contributed by atoms with Crippen LogP contribution in [-0.2, 0) is 0 Å². The Morgan fingerprint density at radius 1 is 0.758 bits per heavy atom. The molecule has 0 spiro atoms. The van der Waals surface area contributed by atoms with Gasteiger partial charge in [0.2, 0.25) is 0 Å². The van der Waals surface area contributed by atoms with Crippen LogP contribution >= 0.6 is 0 Å². The van der Waals surface area contributed by atoms with Gasteiger partial charge in [-0.1, -0.05) is 66.8 Å². The van der Waals surface area contributed by atoms with Crippen LogP contribution in [0.15, 0.2) is 78.4 Å². The number of hydrogen-bond acceptors (Lipinski definition) is 4. The molecule has 1 atom stereocenters. The lowest BCUT2D eigenvalue weighted by Gasteiger charge is -2.29. The molecule has 0 saturated heterocycles. The van der Waals surface area contributed by atoms with Gasteiger partial charge in [0.15, 0.2) is 17.3 Å². The Kier molecular flexibility index (Phi) is 3.32.